The molecule has 0 spiro atoms. The SMILES string of the molecule is CC(C)c1ccccc1Oc1coc2cc(OCc3ccc(C(=O)[O-])o3)ccc2c1=O. The second-order valence-electron chi connectivity index (χ2n) is 7.22. The molecule has 7 nitrogen and oxygen atoms in total. The molecule has 0 saturated heterocycles. The van der Waals surface area contributed by atoms with E-state index in [9.17, 15) is 14.7 Å². The summed E-state index contributed by atoms with van der Waals surface area (Å²) in [6.07, 6.45) is 1.28. The van der Waals surface area contributed by atoms with Crippen LogP contribution in [-0.2, 0) is 6.61 Å². The van der Waals surface area contributed by atoms with Crippen LogP contribution in [0.4, 0.5) is 0 Å². The predicted molar refractivity (Wildman–Crippen MR) is 110 cm³/mol. The minimum absolute atomic E-state index is 0.0101. The number of para-hydroxylation sites is 1. The molecule has 0 aliphatic rings. The van der Waals surface area contributed by atoms with Crippen molar-refractivity contribution in [1.29, 1.82) is 0 Å². The highest BCUT2D eigenvalue weighted by atomic mass is 16.5. The van der Waals surface area contributed by atoms with Crippen LogP contribution in [0.5, 0.6) is 17.2 Å². The van der Waals surface area contributed by atoms with Gasteiger partial charge in [0.25, 0.3) is 0 Å². The molecule has 31 heavy (non-hydrogen) atoms. The van der Waals surface area contributed by atoms with Crippen LogP contribution in [0, 0.1) is 0 Å². The molecule has 0 fully saturated rings. The number of benzene rings is 2. The van der Waals surface area contributed by atoms with Gasteiger partial charge < -0.3 is 28.2 Å². The molecular formula is C24H19O7-. The van der Waals surface area contributed by atoms with Crippen LogP contribution in [0.2, 0.25) is 0 Å². The summed E-state index contributed by atoms with van der Waals surface area (Å²) in [5.74, 6) is 0.0372. The van der Waals surface area contributed by atoms with E-state index in [1.807, 2.05) is 24.3 Å². The first-order valence-corrected chi connectivity index (χ1v) is 9.67. The van der Waals surface area contributed by atoms with Gasteiger partial charge >= 0.3 is 0 Å². The molecule has 4 aromatic rings. The van der Waals surface area contributed by atoms with Gasteiger partial charge in [-0.2, -0.15) is 0 Å². The Morgan fingerprint density at radius 1 is 1.06 bits per heavy atom. The number of hydrogen-bond donors (Lipinski definition) is 0. The van der Waals surface area contributed by atoms with Gasteiger partial charge in [-0.3, -0.25) is 4.79 Å². The Kier molecular flexibility index (Phi) is 5.49. The van der Waals surface area contributed by atoms with Crippen molar-refractivity contribution in [2.24, 2.45) is 0 Å². The van der Waals surface area contributed by atoms with E-state index in [0.717, 1.165) is 5.56 Å². The maximum Gasteiger partial charge on any atom is 0.235 e. The van der Waals surface area contributed by atoms with E-state index in [4.69, 9.17) is 18.3 Å². The molecule has 2 heterocycles. The van der Waals surface area contributed by atoms with Crippen molar-refractivity contribution < 1.29 is 28.2 Å². The fraction of sp³-hybridized carbons (Fsp3) is 0.167. The molecule has 0 bridgehead atoms. The van der Waals surface area contributed by atoms with Crippen molar-refractivity contribution in [1.82, 2.24) is 0 Å². The van der Waals surface area contributed by atoms with Crippen LogP contribution < -0.4 is 20.0 Å². The van der Waals surface area contributed by atoms with Gasteiger partial charge in [0.15, 0.2) is 0 Å². The van der Waals surface area contributed by atoms with Crippen molar-refractivity contribution in [2.45, 2.75) is 26.4 Å². The first kappa shape index (κ1) is 20.3. The van der Waals surface area contributed by atoms with Crippen LogP contribution in [-0.4, -0.2) is 5.97 Å². The average molecular weight is 419 g/mol. The maximum atomic E-state index is 12.9. The number of carbonyl (C=O) groups is 1. The van der Waals surface area contributed by atoms with Crippen LogP contribution >= 0.6 is 0 Å². The zero-order chi connectivity index (χ0) is 22.0. The summed E-state index contributed by atoms with van der Waals surface area (Å²) in [7, 11) is 0. The third-order valence-corrected chi connectivity index (χ3v) is 4.72. The standard InChI is InChI=1S/C24H20O7/c1-14(2)17-5-3-4-6-19(17)31-22-13-29-21-11-15(7-9-18(21)23(22)25)28-12-16-8-10-20(30-16)24(26)27/h3-11,13-14H,12H2,1-2H3,(H,26,27)/p-1. The Balaban J connectivity index is 1.55. The maximum absolute atomic E-state index is 12.9. The van der Waals surface area contributed by atoms with Crippen molar-refractivity contribution in [3.05, 3.63) is 88.2 Å². The Morgan fingerprint density at radius 3 is 2.61 bits per heavy atom. The third-order valence-electron chi connectivity index (χ3n) is 4.72. The summed E-state index contributed by atoms with van der Waals surface area (Å²) in [4.78, 5) is 23.6. The van der Waals surface area contributed by atoms with Gasteiger partial charge in [-0.1, -0.05) is 32.0 Å². The van der Waals surface area contributed by atoms with E-state index < -0.39 is 5.97 Å². The average Bonchev–Trinajstić information content (AvgIpc) is 3.24. The lowest BCUT2D eigenvalue weighted by molar-refractivity contribution is -0.257. The summed E-state index contributed by atoms with van der Waals surface area (Å²) in [6.45, 7) is 4.11. The quantitative estimate of drug-likeness (QED) is 0.441. The number of fused-ring (bicyclic) bond motifs is 1. The van der Waals surface area contributed by atoms with E-state index in [-0.39, 0.29) is 29.5 Å². The Labute approximate surface area is 177 Å². The van der Waals surface area contributed by atoms with E-state index in [1.54, 1.807) is 18.2 Å². The highest BCUT2D eigenvalue weighted by molar-refractivity contribution is 5.82. The summed E-state index contributed by atoms with van der Waals surface area (Å²) in [6, 6.07) is 15.1. The smallest absolute Gasteiger partial charge is 0.235 e. The number of carbonyl (C=O) groups excluding carboxylic acids is 1. The highest BCUT2D eigenvalue weighted by Crippen LogP contribution is 2.30. The van der Waals surface area contributed by atoms with E-state index in [1.165, 1.54) is 18.4 Å². The molecule has 4 rings (SSSR count). The van der Waals surface area contributed by atoms with E-state index in [2.05, 4.69) is 13.8 Å². The molecule has 0 amide bonds. The minimum Gasteiger partial charge on any atom is -0.542 e. The normalized spacial score (nSPS) is 11.1. The molecule has 158 valence electrons. The molecule has 0 aliphatic carbocycles. The largest absolute Gasteiger partial charge is 0.542 e. The third kappa shape index (κ3) is 4.30. The number of furan rings is 1. The minimum atomic E-state index is -1.40. The van der Waals surface area contributed by atoms with Crippen LogP contribution in [0.3, 0.4) is 0 Å². The first-order chi connectivity index (χ1) is 14.9. The Morgan fingerprint density at radius 2 is 1.87 bits per heavy atom. The monoisotopic (exact) mass is 419 g/mol. The highest BCUT2D eigenvalue weighted by Gasteiger charge is 2.14. The van der Waals surface area contributed by atoms with E-state index in [0.29, 0.717) is 28.2 Å². The molecule has 0 radical (unpaired) electrons. The van der Waals surface area contributed by atoms with E-state index >= 15 is 0 Å². The zero-order valence-corrected chi connectivity index (χ0v) is 16.9. The number of carboxylic acid groups (broad SMARTS) is 1. The lowest BCUT2D eigenvalue weighted by Gasteiger charge is -2.13. The van der Waals surface area contributed by atoms with Crippen LogP contribution in [0.15, 0.2) is 74.5 Å². The number of hydrogen-bond acceptors (Lipinski definition) is 7. The van der Waals surface area contributed by atoms with Crippen LogP contribution in [0.1, 0.15) is 41.6 Å². The van der Waals surface area contributed by atoms with Gasteiger partial charge in [-0.25, -0.2) is 0 Å². The van der Waals surface area contributed by atoms with Crippen LogP contribution in [0.25, 0.3) is 11.0 Å². The number of aromatic carboxylic acids is 1. The topological polar surface area (TPSA) is 102 Å². The van der Waals surface area contributed by atoms with Crippen molar-refractivity contribution in [3.8, 4) is 17.2 Å². The van der Waals surface area contributed by atoms with Crippen molar-refractivity contribution in [3.63, 3.8) is 0 Å². The molecule has 2 aromatic carbocycles. The first-order valence-electron chi connectivity index (χ1n) is 9.67. The molecule has 0 unspecified atom stereocenters. The lowest BCUT2D eigenvalue weighted by atomic mass is 10.0. The second-order valence-corrected chi connectivity index (χ2v) is 7.22. The predicted octanol–water partition coefficient (Wildman–Crippen LogP) is 4.24. The number of rotatable bonds is 7. The molecule has 7 heteroatoms. The van der Waals surface area contributed by atoms with Gasteiger partial charge in [0, 0.05) is 6.07 Å². The fourth-order valence-corrected chi connectivity index (χ4v) is 3.14. The molecule has 0 aliphatic heterocycles. The molecule has 0 saturated carbocycles. The number of carboxylic acids is 1. The lowest BCUT2D eigenvalue weighted by Crippen LogP contribution is -2.21. The van der Waals surface area contributed by atoms with Gasteiger partial charge in [-0.15, -0.1) is 0 Å². The fourth-order valence-electron chi connectivity index (χ4n) is 3.14. The van der Waals surface area contributed by atoms with Crippen molar-refractivity contribution >= 4 is 16.9 Å². The Hall–Kier alpha value is -4.00. The van der Waals surface area contributed by atoms with Gasteiger partial charge in [0.1, 0.15) is 47.4 Å². The number of ether oxygens (including phenoxy) is 2. The molecule has 0 N–H and O–H groups in total. The molecular weight excluding hydrogens is 400 g/mol. The van der Waals surface area contributed by atoms with Gasteiger partial charge in [0.05, 0.1) is 5.39 Å². The van der Waals surface area contributed by atoms with Gasteiger partial charge in [0.2, 0.25) is 11.2 Å². The summed E-state index contributed by atoms with van der Waals surface area (Å²) >= 11 is 0. The molecule has 2 aromatic heterocycles. The summed E-state index contributed by atoms with van der Waals surface area (Å²) in [5, 5.41) is 11.1. The van der Waals surface area contributed by atoms with Crippen molar-refractivity contribution in [2.75, 3.05) is 0 Å². The summed E-state index contributed by atoms with van der Waals surface area (Å²) in [5.41, 5.74) is 1.03. The second kappa shape index (κ2) is 8.39. The summed E-state index contributed by atoms with van der Waals surface area (Å²) < 4.78 is 22.2. The zero-order valence-electron chi connectivity index (χ0n) is 16.9. The van der Waals surface area contributed by atoms with Gasteiger partial charge in [-0.05, 0) is 41.8 Å². The Bertz CT molecular complexity index is 1300. The molecule has 0 atom stereocenters.